The average molecular weight is 285 g/mol. The minimum absolute atomic E-state index is 0.0253. The van der Waals surface area contributed by atoms with Crippen molar-refractivity contribution in [2.75, 3.05) is 0 Å². The highest BCUT2D eigenvalue weighted by molar-refractivity contribution is 5.93. The Hall–Kier alpha value is -2.63. The van der Waals surface area contributed by atoms with Crippen LogP contribution in [0.2, 0.25) is 0 Å². The number of rotatable bonds is 3. The number of carbonyl (C=O) groups excluding carboxylic acids is 1. The summed E-state index contributed by atoms with van der Waals surface area (Å²) in [7, 11) is 1.63. The third-order valence-corrected chi connectivity index (χ3v) is 3.87. The van der Waals surface area contributed by atoms with E-state index in [1.54, 1.807) is 7.05 Å². The van der Waals surface area contributed by atoms with Gasteiger partial charge in [-0.3, -0.25) is 14.9 Å². The van der Waals surface area contributed by atoms with Crippen LogP contribution in [-0.4, -0.2) is 15.4 Å². The topological polar surface area (TPSA) is 77.2 Å². The molecule has 0 saturated heterocycles. The molecule has 1 aliphatic rings. The minimum Gasteiger partial charge on any atom is -0.344 e. The summed E-state index contributed by atoms with van der Waals surface area (Å²) >= 11 is 0. The summed E-state index contributed by atoms with van der Waals surface area (Å²) in [6.07, 6.45) is 3.14. The number of hydrogen-bond donors (Lipinski definition) is 1. The molecule has 0 aliphatic heterocycles. The van der Waals surface area contributed by atoms with Gasteiger partial charge in [0.15, 0.2) is 0 Å². The fraction of sp³-hybridized carbons (Fsp3) is 0.267. The number of benzene rings is 1. The molecule has 0 bridgehead atoms. The normalized spacial score (nSPS) is 16.5. The van der Waals surface area contributed by atoms with Crippen molar-refractivity contribution in [3.63, 3.8) is 0 Å². The molecule has 1 aromatic heterocycles. The van der Waals surface area contributed by atoms with Gasteiger partial charge >= 0.3 is 0 Å². The molecule has 1 amide bonds. The Labute approximate surface area is 121 Å². The number of nitro groups is 1. The van der Waals surface area contributed by atoms with E-state index in [0.717, 1.165) is 18.4 Å². The molecule has 1 N–H and O–H groups in total. The lowest BCUT2D eigenvalue weighted by molar-refractivity contribution is -0.384. The van der Waals surface area contributed by atoms with E-state index < -0.39 is 4.92 Å². The van der Waals surface area contributed by atoms with E-state index in [9.17, 15) is 14.9 Å². The van der Waals surface area contributed by atoms with Crippen molar-refractivity contribution in [2.24, 2.45) is 7.05 Å². The number of fused-ring (bicyclic) bond motifs is 1. The smallest absolute Gasteiger partial charge is 0.287 e. The fourth-order valence-corrected chi connectivity index (χ4v) is 2.81. The lowest BCUT2D eigenvalue weighted by Crippen LogP contribution is -2.28. The lowest BCUT2D eigenvalue weighted by Gasteiger charge is -2.14. The number of nitrogens with zero attached hydrogens (tertiary/aromatic N) is 2. The summed E-state index contributed by atoms with van der Waals surface area (Å²) in [6, 6.07) is 9.30. The molecular weight excluding hydrogens is 270 g/mol. The van der Waals surface area contributed by atoms with E-state index in [-0.39, 0.29) is 17.6 Å². The molecule has 108 valence electrons. The minimum atomic E-state index is -0.498. The Morgan fingerprint density at radius 2 is 2.19 bits per heavy atom. The van der Waals surface area contributed by atoms with Gasteiger partial charge in [0.1, 0.15) is 5.69 Å². The second-order valence-electron chi connectivity index (χ2n) is 5.22. The van der Waals surface area contributed by atoms with Crippen molar-refractivity contribution < 1.29 is 9.72 Å². The highest BCUT2D eigenvalue weighted by Crippen LogP contribution is 2.31. The molecule has 1 atom stereocenters. The molecule has 1 heterocycles. The number of hydrogen-bond acceptors (Lipinski definition) is 3. The van der Waals surface area contributed by atoms with Gasteiger partial charge in [-0.05, 0) is 24.0 Å². The maximum atomic E-state index is 12.3. The molecule has 21 heavy (non-hydrogen) atoms. The first-order valence-electron chi connectivity index (χ1n) is 6.75. The van der Waals surface area contributed by atoms with Crippen LogP contribution >= 0.6 is 0 Å². The lowest BCUT2D eigenvalue weighted by atomic mass is 10.1. The number of carbonyl (C=O) groups is 1. The van der Waals surface area contributed by atoms with Crippen molar-refractivity contribution in [1.29, 1.82) is 0 Å². The molecule has 1 aromatic carbocycles. The van der Waals surface area contributed by atoms with Gasteiger partial charge in [-0.1, -0.05) is 24.3 Å². The van der Waals surface area contributed by atoms with E-state index in [1.165, 1.54) is 22.4 Å². The Bertz CT molecular complexity index is 721. The second kappa shape index (κ2) is 5.05. The molecule has 0 spiro atoms. The molecule has 0 saturated carbocycles. The maximum Gasteiger partial charge on any atom is 0.287 e. The van der Waals surface area contributed by atoms with Crippen LogP contribution in [-0.2, 0) is 13.5 Å². The Kier molecular flexibility index (Phi) is 3.21. The molecule has 0 fully saturated rings. The molecule has 6 nitrogen and oxygen atoms in total. The van der Waals surface area contributed by atoms with Crippen LogP contribution in [0.15, 0.2) is 36.5 Å². The van der Waals surface area contributed by atoms with Gasteiger partial charge in [0.2, 0.25) is 0 Å². The Morgan fingerprint density at radius 1 is 1.43 bits per heavy atom. The third-order valence-electron chi connectivity index (χ3n) is 3.87. The molecule has 6 heteroatoms. The van der Waals surface area contributed by atoms with E-state index in [2.05, 4.69) is 11.4 Å². The SMILES string of the molecule is Cn1cc([N+](=O)[O-])cc1C(=O)NC1CCc2ccccc21. The van der Waals surface area contributed by atoms with Crippen molar-refractivity contribution in [1.82, 2.24) is 9.88 Å². The summed E-state index contributed by atoms with van der Waals surface area (Å²) in [5.74, 6) is -0.285. The molecule has 0 radical (unpaired) electrons. The Morgan fingerprint density at radius 3 is 2.90 bits per heavy atom. The van der Waals surface area contributed by atoms with Crippen molar-refractivity contribution in [3.8, 4) is 0 Å². The zero-order chi connectivity index (χ0) is 15.0. The van der Waals surface area contributed by atoms with Crippen molar-refractivity contribution in [2.45, 2.75) is 18.9 Å². The summed E-state index contributed by atoms with van der Waals surface area (Å²) in [4.78, 5) is 22.6. The van der Waals surface area contributed by atoms with Crippen LogP contribution in [0.5, 0.6) is 0 Å². The molecule has 3 rings (SSSR count). The van der Waals surface area contributed by atoms with Crippen LogP contribution < -0.4 is 5.32 Å². The van der Waals surface area contributed by atoms with Crippen molar-refractivity contribution >= 4 is 11.6 Å². The van der Waals surface area contributed by atoms with Gasteiger partial charge < -0.3 is 9.88 Å². The van der Waals surface area contributed by atoms with E-state index in [4.69, 9.17) is 0 Å². The van der Waals surface area contributed by atoms with Gasteiger partial charge in [0.05, 0.1) is 17.2 Å². The molecular formula is C15H15N3O3. The predicted octanol–water partition coefficient (Wildman–Crippen LogP) is 2.35. The van der Waals surface area contributed by atoms with E-state index in [0.29, 0.717) is 5.69 Å². The van der Waals surface area contributed by atoms with Crippen LogP contribution in [0.4, 0.5) is 5.69 Å². The monoisotopic (exact) mass is 285 g/mol. The maximum absolute atomic E-state index is 12.3. The summed E-state index contributed by atoms with van der Waals surface area (Å²) in [5.41, 5.74) is 2.61. The highest BCUT2D eigenvalue weighted by atomic mass is 16.6. The molecule has 1 unspecified atom stereocenters. The second-order valence-corrected chi connectivity index (χ2v) is 5.22. The van der Waals surface area contributed by atoms with E-state index in [1.807, 2.05) is 18.2 Å². The van der Waals surface area contributed by atoms with E-state index >= 15 is 0 Å². The highest BCUT2D eigenvalue weighted by Gasteiger charge is 2.25. The number of nitrogens with one attached hydrogen (secondary N) is 1. The van der Waals surface area contributed by atoms with Gasteiger partial charge in [-0.15, -0.1) is 0 Å². The van der Waals surface area contributed by atoms with Crippen molar-refractivity contribution in [3.05, 3.63) is 63.5 Å². The first-order chi connectivity index (χ1) is 10.1. The van der Waals surface area contributed by atoms with Gasteiger partial charge in [-0.2, -0.15) is 0 Å². The summed E-state index contributed by atoms with van der Waals surface area (Å²) in [5, 5.41) is 13.7. The number of amides is 1. The zero-order valence-corrected chi connectivity index (χ0v) is 11.6. The first kappa shape index (κ1) is 13.4. The molecule has 1 aliphatic carbocycles. The quantitative estimate of drug-likeness (QED) is 0.694. The van der Waals surface area contributed by atoms with Crippen LogP contribution in [0.1, 0.15) is 34.1 Å². The summed E-state index contributed by atoms with van der Waals surface area (Å²) in [6.45, 7) is 0. The predicted molar refractivity (Wildman–Crippen MR) is 77.0 cm³/mol. The first-order valence-corrected chi connectivity index (χ1v) is 6.75. The zero-order valence-electron chi connectivity index (χ0n) is 11.6. The number of aryl methyl sites for hydroxylation is 2. The average Bonchev–Trinajstić information content (AvgIpc) is 3.03. The van der Waals surface area contributed by atoms with Crippen LogP contribution in [0.3, 0.4) is 0 Å². The standard InChI is InChI=1S/C15H15N3O3/c1-17-9-11(18(20)21)8-14(17)15(19)16-13-7-6-10-4-2-3-5-12(10)13/h2-5,8-9,13H,6-7H2,1H3,(H,16,19). The summed E-state index contributed by atoms with van der Waals surface area (Å²) < 4.78 is 1.48. The van der Waals surface area contributed by atoms with Crippen LogP contribution in [0, 0.1) is 10.1 Å². The Balaban J connectivity index is 1.80. The third kappa shape index (κ3) is 2.40. The molecule has 2 aromatic rings. The largest absolute Gasteiger partial charge is 0.344 e. The van der Waals surface area contributed by atoms with Gasteiger partial charge in [0, 0.05) is 13.1 Å². The van der Waals surface area contributed by atoms with Gasteiger partial charge in [-0.25, -0.2) is 0 Å². The fourth-order valence-electron chi connectivity index (χ4n) is 2.81. The van der Waals surface area contributed by atoms with Gasteiger partial charge in [0.25, 0.3) is 11.6 Å². The van der Waals surface area contributed by atoms with Crippen LogP contribution in [0.25, 0.3) is 0 Å². The number of aromatic nitrogens is 1.